The van der Waals surface area contributed by atoms with Crippen LogP contribution in [0, 0.1) is 0 Å². The molecule has 0 aliphatic carbocycles. The van der Waals surface area contributed by atoms with Gasteiger partial charge in [-0.25, -0.2) is 0 Å². The molecule has 0 aliphatic rings. The van der Waals surface area contributed by atoms with E-state index in [0.29, 0.717) is 0 Å². The minimum absolute atomic E-state index is 0.772. The second-order valence-corrected chi connectivity index (χ2v) is 6.36. The summed E-state index contributed by atoms with van der Waals surface area (Å²) in [5.41, 5.74) is 4.48. The topological polar surface area (TPSA) is 41.9 Å². The summed E-state index contributed by atoms with van der Waals surface area (Å²) in [5.74, 6) is 0. The van der Waals surface area contributed by atoms with Crippen molar-refractivity contribution in [1.29, 1.82) is 0 Å². The Hall–Kier alpha value is -3.11. The van der Waals surface area contributed by atoms with Gasteiger partial charge in [0.05, 0.1) is 11.2 Å². The number of para-hydroxylation sites is 1. The summed E-state index contributed by atoms with van der Waals surface area (Å²) in [7, 11) is 0. The first-order valence-corrected chi connectivity index (χ1v) is 8.72. The third kappa shape index (κ3) is 4.10. The second-order valence-electron chi connectivity index (χ2n) is 6.36. The van der Waals surface area contributed by atoms with Crippen molar-refractivity contribution in [2.75, 3.05) is 0 Å². The highest BCUT2D eigenvalue weighted by atomic mass is 15.1. The maximum absolute atomic E-state index is 4.83. The van der Waals surface area contributed by atoms with E-state index >= 15 is 0 Å². The summed E-state index contributed by atoms with van der Waals surface area (Å²) in [5, 5.41) is 1.17. The highest BCUT2D eigenvalue weighted by Crippen LogP contribution is 2.16. The minimum Gasteiger partial charge on any atom is -0.289 e. The maximum atomic E-state index is 4.83. The third-order valence-corrected chi connectivity index (χ3v) is 4.30. The van der Waals surface area contributed by atoms with E-state index in [1.165, 1.54) is 16.5 Å². The van der Waals surface area contributed by atoms with E-state index in [1.54, 1.807) is 12.4 Å². The summed E-state index contributed by atoms with van der Waals surface area (Å²) < 4.78 is 0. The number of rotatable bonds is 6. The number of benzene rings is 1. The molecule has 128 valence electrons. The molecule has 0 amide bonds. The molecule has 0 saturated carbocycles. The predicted molar refractivity (Wildman–Crippen MR) is 103 cm³/mol. The number of fused-ring (bicyclic) bond motifs is 1. The molecule has 4 nitrogen and oxygen atoms in total. The number of nitrogens with zero attached hydrogens (tertiary/aromatic N) is 4. The number of hydrogen-bond donors (Lipinski definition) is 0. The van der Waals surface area contributed by atoms with Gasteiger partial charge in [-0.15, -0.1) is 0 Å². The van der Waals surface area contributed by atoms with Gasteiger partial charge in [0.15, 0.2) is 0 Å². The van der Waals surface area contributed by atoms with Crippen LogP contribution in [0.5, 0.6) is 0 Å². The molecule has 0 fully saturated rings. The first kappa shape index (κ1) is 16.4. The van der Waals surface area contributed by atoms with Crippen LogP contribution in [-0.2, 0) is 19.6 Å². The van der Waals surface area contributed by atoms with Crippen molar-refractivity contribution in [3.8, 4) is 0 Å². The van der Waals surface area contributed by atoms with E-state index in [4.69, 9.17) is 4.98 Å². The van der Waals surface area contributed by atoms with Crippen LogP contribution in [-0.4, -0.2) is 19.9 Å². The molecular formula is C22H20N4. The molecule has 0 radical (unpaired) electrons. The summed E-state index contributed by atoms with van der Waals surface area (Å²) in [6.45, 7) is 2.41. The molecule has 4 rings (SSSR count). The molecule has 0 saturated heterocycles. The van der Waals surface area contributed by atoms with E-state index in [1.807, 2.05) is 36.7 Å². The Bertz CT molecular complexity index is 929. The zero-order valence-electron chi connectivity index (χ0n) is 14.5. The number of hydrogen-bond acceptors (Lipinski definition) is 4. The normalized spacial score (nSPS) is 11.1. The molecule has 0 spiro atoms. The van der Waals surface area contributed by atoms with Crippen molar-refractivity contribution in [3.63, 3.8) is 0 Å². The van der Waals surface area contributed by atoms with Crippen LogP contribution >= 0.6 is 0 Å². The summed E-state index contributed by atoms with van der Waals surface area (Å²) in [6, 6.07) is 20.7. The Morgan fingerprint density at radius 2 is 1.35 bits per heavy atom. The molecule has 0 bridgehead atoms. The fourth-order valence-corrected chi connectivity index (χ4v) is 3.09. The smallest absolute Gasteiger partial charge is 0.0705 e. The molecule has 0 unspecified atom stereocenters. The molecular weight excluding hydrogens is 320 g/mol. The van der Waals surface area contributed by atoms with Gasteiger partial charge in [0.1, 0.15) is 0 Å². The second kappa shape index (κ2) is 7.85. The summed E-state index contributed by atoms with van der Waals surface area (Å²) in [6.07, 6.45) is 7.45. The fraction of sp³-hybridized carbons (Fsp3) is 0.136. The SMILES string of the molecule is c1cncc(CN(Cc2cccnc2)Cc2ccc3ccccc3n2)c1. The first-order valence-electron chi connectivity index (χ1n) is 8.72. The van der Waals surface area contributed by atoms with E-state index in [9.17, 15) is 0 Å². The van der Waals surface area contributed by atoms with Crippen molar-refractivity contribution in [3.05, 3.63) is 102 Å². The van der Waals surface area contributed by atoms with Gasteiger partial charge < -0.3 is 0 Å². The van der Waals surface area contributed by atoms with E-state index in [-0.39, 0.29) is 0 Å². The average molecular weight is 340 g/mol. The molecule has 26 heavy (non-hydrogen) atoms. The van der Waals surface area contributed by atoms with Crippen LogP contribution in [0.2, 0.25) is 0 Å². The van der Waals surface area contributed by atoms with E-state index in [0.717, 1.165) is 30.8 Å². The maximum Gasteiger partial charge on any atom is 0.0705 e. The van der Waals surface area contributed by atoms with Crippen molar-refractivity contribution in [1.82, 2.24) is 19.9 Å². The van der Waals surface area contributed by atoms with Crippen LogP contribution in [0.15, 0.2) is 85.5 Å². The van der Waals surface area contributed by atoms with Gasteiger partial charge in [0, 0.05) is 49.8 Å². The Balaban J connectivity index is 1.58. The van der Waals surface area contributed by atoms with Crippen LogP contribution in [0.3, 0.4) is 0 Å². The highest BCUT2D eigenvalue weighted by molar-refractivity contribution is 5.78. The van der Waals surface area contributed by atoms with Crippen LogP contribution in [0.4, 0.5) is 0 Å². The van der Waals surface area contributed by atoms with E-state index < -0.39 is 0 Å². The van der Waals surface area contributed by atoms with Gasteiger partial charge in [0.25, 0.3) is 0 Å². The van der Waals surface area contributed by atoms with Crippen molar-refractivity contribution in [2.45, 2.75) is 19.6 Å². The molecule has 3 heterocycles. The third-order valence-electron chi connectivity index (χ3n) is 4.30. The lowest BCUT2D eigenvalue weighted by atomic mass is 10.2. The molecule has 0 atom stereocenters. The largest absolute Gasteiger partial charge is 0.289 e. The lowest BCUT2D eigenvalue weighted by Crippen LogP contribution is -2.23. The zero-order chi connectivity index (χ0) is 17.6. The van der Waals surface area contributed by atoms with Crippen LogP contribution < -0.4 is 0 Å². The summed E-state index contributed by atoms with van der Waals surface area (Å²) in [4.78, 5) is 15.7. The van der Waals surface area contributed by atoms with Gasteiger partial charge in [-0.3, -0.25) is 19.9 Å². The highest BCUT2D eigenvalue weighted by Gasteiger charge is 2.10. The zero-order valence-corrected chi connectivity index (χ0v) is 14.5. The molecule has 0 aliphatic heterocycles. The molecule has 0 N–H and O–H groups in total. The van der Waals surface area contributed by atoms with Gasteiger partial charge >= 0.3 is 0 Å². The Morgan fingerprint density at radius 3 is 2.00 bits per heavy atom. The standard InChI is InChI=1S/C22H20N4/c1-2-8-22-20(7-1)9-10-21(25-22)17-26(15-18-5-3-11-23-13-18)16-19-6-4-12-24-14-19/h1-14H,15-17H2. The Morgan fingerprint density at radius 1 is 0.654 bits per heavy atom. The first-order chi connectivity index (χ1) is 12.9. The van der Waals surface area contributed by atoms with Gasteiger partial charge in [-0.2, -0.15) is 0 Å². The Kier molecular flexibility index (Phi) is 4.94. The van der Waals surface area contributed by atoms with Crippen LogP contribution in [0.1, 0.15) is 16.8 Å². The molecule has 3 aromatic heterocycles. The predicted octanol–water partition coefficient (Wildman–Crippen LogP) is 4.23. The quantitative estimate of drug-likeness (QED) is 0.527. The number of aromatic nitrogens is 3. The van der Waals surface area contributed by atoms with Crippen molar-refractivity contribution in [2.24, 2.45) is 0 Å². The van der Waals surface area contributed by atoms with Gasteiger partial charge in [0.2, 0.25) is 0 Å². The van der Waals surface area contributed by atoms with Crippen molar-refractivity contribution < 1.29 is 0 Å². The molecule has 4 heteroatoms. The molecule has 1 aromatic carbocycles. The van der Waals surface area contributed by atoms with Crippen molar-refractivity contribution >= 4 is 10.9 Å². The molecule has 4 aromatic rings. The fourth-order valence-electron chi connectivity index (χ4n) is 3.09. The van der Waals surface area contributed by atoms with Gasteiger partial charge in [-0.05, 0) is 35.4 Å². The van der Waals surface area contributed by atoms with E-state index in [2.05, 4.69) is 51.3 Å². The monoisotopic (exact) mass is 340 g/mol. The lowest BCUT2D eigenvalue weighted by Gasteiger charge is -2.22. The summed E-state index contributed by atoms with van der Waals surface area (Å²) >= 11 is 0. The number of pyridine rings is 3. The minimum atomic E-state index is 0.772. The Labute approximate surface area is 153 Å². The van der Waals surface area contributed by atoms with Crippen LogP contribution in [0.25, 0.3) is 10.9 Å². The average Bonchev–Trinajstić information content (AvgIpc) is 2.69. The van der Waals surface area contributed by atoms with Gasteiger partial charge in [-0.1, -0.05) is 36.4 Å². The lowest BCUT2D eigenvalue weighted by molar-refractivity contribution is 0.244.